The third-order valence-electron chi connectivity index (χ3n) is 3.85. The Kier molecular flexibility index (Phi) is 11.6. The first-order valence-electron chi connectivity index (χ1n) is 8.83. The van der Waals surface area contributed by atoms with E-state index in [1.807, 2.05) is 25.1 Å². The lowest BCUT2D eigenvalue weighted by atomic mass is 10.1. The molecule has 27 heavy (non-hydrogen) atoms. The monoisotopic (exact) mass is 563 g/mol. The topological polar surface area (TPSA) is 53.2 Å². The first-order valence-corrected chi connectivity index (χ1v) is 11.4. The van der Waals surface area contributed by atoms with Crippen LogP contribution in [0.4, 0.5) is 5.69 Å². The van der Waals surface area contributed by atoms with Gasteiger partial charge in [-0.15, -0.1) is 0 Å². The summed E-state index contributed by atoms with van der Waals surface area (Å²) in [6, 6.07) is 5.91. The van der Waals surface area contributed by atoms with E-state index in [4.69, 9.17) is 47.0 Å². The molecule has 0 bridgehead atoms. The molecule has 0 saturated carbocycles. The number of aryl methyl sites for hydroxylation is 1. The number of carbonyl (C=O) groups excluding carboxylic acids is 1. The number of amides is 1. The number of carbonyl (C=O) groups is 1. The molecule has 0 spiro atoms. The van der Waals surface area contributed by atoms with E-state index in [1.165, 1.54) is 6.42 Å². The molecule has 1 atom stereocenters. The fourth-order valence-electron chi connectivity index (χ4n) is 2.38. The lowest BCUT2D eigenvalue weighted by Crippen LogP contribution is -2.56. The number of hydrogen-bond acceptors (Lipinski definition) is 2. The molecule has 9 heteroatoms. The van der Waals surface area contributed by atoms with Crippen LogP contribution in [0.3, 0.4) is 0 Å². The maximum absolute atomic E-state index is 12.2. The highest BCUT2D eigenvalue weighted by atomic mass is 127. The van der Waals surface area contributed by atoms with Gasteiger partial charge in [-0.1, -0.05) is 67.4 Å². The van der Waals surface area contributed by atoms with Gasteiger partial charge in [-0.2, -0.15) is 0 Å². The highest BCUT2D eigenvalue weighted by Gasteiger charge is 2.34. The second kappa shape index (κ2) is 12.5. The van der Waals surface area contributed by atoms with E-state index in [0.717, 1.165) is 40.5 Å². The van der Waals surface area contributed by atoms with E-state index >= 15 is 0 Å². The molecule has 0 radical (unpaired) electrons. The van der Waals surface area contributed by atoms with Gasteiger partial charge in [0.25, 0.3) is 0 Å². The number of rotatable bonds is 9. The van der Waals surface area contributed by atoms with E-state index < -0.39 is 9.96 Å². The standard InChI is InChI=1S/C18H25Cl3IN3OS/c1-3-4-5-6-7-8-15(26)24-16(18(19,20)21)25-17(27)23-14-10-9-13(22)11-12(14)2/h9-11,16H,3-8H2,1-2H3,(H,24,26)(H2,23,25,27). The molecule has 152 valence electrons. The Morgan fingerprint density at radius 3 is 2.44 bits per heavy atom. The molecule has 0 fully saturated rings. The predicted molar refractivity (Wildman–Crippen MR) is 129 cm³/mol. The van der Waals surface area contributed by atoms with Gasteiger partial charge < -0.3 is 16.0 Å². The summed E-state index contributed by atoms with van der Waals surface area (Å²) in [6.45, 7) is 4.12. The third-order valence-corrected chi connectivity index (χ3v) is 5.40. The summed E-state index contributed by atoms with van der Waals surface area (Å²) in [5.41, 5.74) is 1.88. The summed E-state index contributed by atoms with van der Waals surface area (Å²) in [5, 5.41) is 8.93. The second-order valence-electron chi connectivity index (χ2n) is 6.26. The van der Waals surface area contributed by atoms with Crippen molar-refractivity contribution in [3.05, 3.63) is 27.3 Å². The number of benzene rings is 1. The largest absolute Gasteiger partial charge is 0.339 e. The minimum absolute atomic E-state index is 0.177. The van der Waals surface area contributed by atoms with E-state index in [-0.39, 0.29) is 11.0 Å². The molecule has 0 heterocycles. The summed E-state index contributed by atoms with van der Waals surface area (Å²) < 4.78 is -0.620. The lowest BCUT2D eigenvalue weighted by molar-refractivity contribution is -0.122. The summed E-state index contributed by atoms with van der Waals surface area (Å²) >= 11 is 25.6. The number of unbranched alkanes of at least 4 members (excludes halogenated alkanes) is 4. The van der Waals surface area contributed by atoms with Gasteiger partial charge in [-0.05, 0) is 71.9 Å². The zero-order chi connectivity index (χ0) is 20.4. The molecule has 1 unspecified atom stereocenters. The molecule has 0 aliphatic heterocycles. The Morgan fingerprint density at radius 2 is 1.85 bits per heavy atom. The zero-order valence-electron chi connectivity index (χ0n) is 15.4. The van der Waals surface area contributed by atoms with Crippen molar-refractivity contribution in [2.24, 2.45) is 0 Å². The lowest BCUT2D eigenvalue weighted by Gasteiger charge is -2.28. The van der Waals surface area contributed by atoms with Crippen molar-refractivity contribution in [2.45, 2.75) is 62.3 Å². The van der Waals surface area contributed by atoms with Gasteiger partial charge in [0.2, 0.25) is 9.70 Å². The van der Waals surface area contributed by atoms with E-state index in [0.29, 0.717) is 6.42 Å². The summed E-state index contributed by atoms with van der Waals surface area (Å²) in [7, 11) is 0. The minimum atomic E-state index is -1.75. The van der Waals surface area contributed by atoms with Crippen LogP contribution in [0.15, 0.2) is 18.2 Å². The van der Waals surface area contributed by atoms with Crippen molar-refractivity contribution in [2.75, 3.05) is 5.32 Å². The van der Waals surface area contributed by atoms with Crippen molar-refractivity contribution in [1.29, 1.82) is 0 Å². The average Bonchev–Trinajstić information content (AvgIpc) is 2.56. The molecule has 0 aromatic heterocycles. The molecule has 1 aromatic carbocycles. The van der Waals surface area contributed by atoms with Gasteiger partial charge in [-0.25, -0.2) is 0 Å². The van der Waals surface area contributed by atoms with Crippen LogP contribution in [0.25, 0.3) is 0 Å². The summed E-state index contributed by atoms with van der Waals surface area (Å²) in [4.78, 5) is 12.2. The number of anilines is 1. The first kappa shape index (κ1) is 25.0. The fraction of sp³-hybridized carbons (Fsp3) is 0.556. The second-order valence-corrected chi connectivity index (χ2v) is 10.3. The number of hydrogen-bond donors (Lipinski definition) is 3. The predicted octanol–water partition coefficient (Wildman–Crippen LogP) is 6.06. The van der Waals surface area contributed by atoms with E-state index in [1.54, 1.807) is 0 Å². The van der Waals surface area contributed by atoms with Crippen molar-refractivity contribution < 1.29 is 4.79 Å². The van der Waals surface area contributed by atoms with Crippen molar-refractivity contribution in [1.82, 2.24) is 10.6 Å². The summed E-state index contributed by atoms with van der Waals surface area (Å²) in [5.74, 6) is -0.177. The summed E-state index contributed by atoms with van der Waals surface area (Å²) in [6.07, 6.45) is 4.74. The average molecular weight is 565 g/mol. The SMILES string of the molecule is CCCCCCCC(=O)NC(NC(=S)Nc1ccc(I)cc1C)C(Cl)(Cl)Cl. The van der Waals surface area contributed by atoms with Crippen LogP contribution in [0.2, 0.25) is 0 Å². The van der Waals surface area contributed by atoms with Crippen LogP contribution < -0.4 is 16.0 Å². The van der Waals surface area contributed by atoms with Crippen molar-refractivity contribution in [3.63, 3.8) is 0 Å². The minimum Gasteiger partial charge on any atom is -0.339 e. The van der Waals surface area contributed by atoms with Gasteiger partial charge in [0.05, 0.1) is 0 Å². The fourth-order valence-corrected chi connectivity index (χ4v) is 3.58. The number of nitrogens with one attached hydrogen (secondary N) is 3. The number of thiocarbonyl (C=S) groups is 1. The molecule has 3 N–H and O–H groups in total. The first-order chi connectivity index (χ1) is 12.6. The van der Waals surface area contributed by atoms with Crippen LogP contribution in [0, 0.1) is 10.5 Å². The van der Waals surface area contributed by atoms with Gasteiger partial charge in [0, 0.05) is 15.7 Å². The van der Waals surface area contributed by atoms with Crippen molar-refractivity contribution in [3.8, 4) is 0 Å². The van der Waals surface area contributed by atoms with Crippen LogP contribution in [-0.4, -0.2) is 21.0 Å². The van der Waals surface area contributed by atoms with Gasteiger partial charge in [-0.3, -0.25) is 4.79 Å². The molecule has 0 aliphatic carbocycles. The van der Waals surface area contributed by atoms with E-state index in [9.17, 15) is 4.79 Å². The molecule has 1 rings (SSSR count). The molecular formula is C18H25Cl3IN3OS. The quantitative estimate of drug-likeness (QED) is 0.112. The van der Waals surface area contributed by atoms with Crippen LogP contribution in [0.5, 0.6) is 0 Å². The number of halogens is 4. The van der Waals surface area contributed by atoms with Gasteiger partial charge in [0.15, 0.2) is 5.11 Å². The molecule has 0 aliphatic rings. The maximum Gasteiger partial charge on any atom is 0.228 e. The molecule has 4 nitrogen and oxygen atoms in total. The number of alkyl halides is 3. The smallest absolute Gasteiger partial charge is 0.228 e. The van der Waals surface area contributed by atoms with Gasteiger partial charge in [0.1, 0.15) is 6.17 Å². The van der Waals surface area contributed by atoms with E-state index in [2.05, 4.69) is 45.5 Å². The Hall–Kier alpha value is -0.0200. The molecule has 0 saturated heterocycles. The van der Waals surface area contributed by atoms with Gasteiger partial charge >= 0.3 is 0 Å². The Bertz CT molecular complexity index is 641. The molecule has 1 amide bonds. The van der Waals surface area contributed by atoms with Crippen molar-refractivity contribution >= 4 is 86.3 Å². The Balaban J connectivity index is 2.58. The Labute approximate surface area is 195 Å². The molecular weight excluding hydrogens is 540 g/mol. The van der Waals surface area contributed by atoms with Crippen LogP contribution >= 0.6 is 69.6 Å². The van der Waals surface area contributed by atoms with Crippen LogP contribution in [0.1, 0.15) is 51.0 Å². The highest BCUT2D eigenvalue weighted by Crippen LogP contribution is 2.29. The highest BCUT2D eigenvalue weighted by molar-refractivity contribution is 14.1. The zero-order valence-corrected chi connectivity index (χ0v) is 20.6. The van der Waals surface area contributed by atoms with Crippen LogP contribution in [-0.2, 0) is 4.79 Å². The maximum atomic E-state index is 12.2. The molecule has 1 aromatic rings. The Morgan fingerprint density at radius 1 is 1.19 bits per heavy atom. The third kappa shape index (κ3) is 10.4. The normalized spacial score (nSPS) is 12.4.